The zero-order valence-electron chi connectivity index (χ0n) is 12.4. The smallest absolute Gasteiger partial charge is 0.0340 e. The van der Waals surface area contributed by atoms with Crippen molar-refractivity contribution in [2.24, 2.45) is 0 Å². The maximum absolute atomic E-state index is 5.71. The van der Waals surface area contributed by atoms with E-state index in [-0.39, 0.29) is 0 Å². The van der Waals surface area contributed by atoms with Crippen molar-refractivity contribution in [3.8, 4) is 0 Å². The summed E-state index contributed by atoms with van der Waals surface area (Å²) in [7, 11) is 0. The van der Waals surface area contributed by atoms with E-state index in [1.807, 2.05) is 91.0 Å². The second-order valence-corrected chi connectivity index (χ2v) is 4.83. The molecule has 0 aromatic heterocycles. The average molecular weight is 288 g/mol. The third-order valence-corrected chi connectivity index (χ3v) is 2.93. The van der Waals surface area contributed by atoms with Crippen LogP contribution in [-0.4, -0.2) is 0 Å². The Kier molecular flexibility index (Phi) is 5.82. The molecule has 0 atom stereocenters. The van der Waals surface area contributed by atoms with Crippen LogP contribution in [0.5, 0.6) is 0 Å². The number of hydrogen-bond donors (Lipinski definition) is 2. The van der Waals surface area contributed by atoms with Gasteiger partial charge in [0.2, 0.25) is 0 Å². The lowest BCUT2D eigenvalue weighted by Gasteiger charge is -1.99. The topological polar surface area (TPSA) is 52.0 Å². The standard InChI is InChI=1S/C14H14N2.C6H6/c15-13-8-12(9-14(16)10-13)7-6-11-4-2-1-3-5-11;1-2-4-6-5-3-1/h1-10H,15-16H2;1-6H. The lowest BCUT2D eigenvalue weighted by atomic mass is 10.1. The summed E-state index contributed by atoms with van der Waals surface area (Å²) in [6, 6.07) is 27.7. The molecule has 2 heteroatoms. The van der Waals surface area contributed by atoms with E-state index in [9.17, 15) is 0 Å². The van der Waals surface area contributed by atoms with Crippen LogP contribution in [0.25, 0.3) is 12.2 Å². The summed E-state index contributed by atoms with van der Waals surface area (Å²) >= 11 is 0. The Hall–Kier alpha value is -3.00. The van der Waals surface area contributed by atoms with Crippen molar-refractivity contribution in [2.75, 3.05) is 11.5 Å². The summed E-state index contributed by atoms with van der Waals surface area (Å²) in [5.41, 5.74) is 15.0. The monoisotopic (exact) mass is 288 g/mol. The number of nitrogen functional groups attached to an aromatic ring is 2. The van der Waals surface area contributed by atoms with Crippen LogP contribution >= 0.6 is 0 Å². The van der Waals surface area contributed by atoms with Gasteiger partial charge < -0.3 is 11.5 Å². The Morgan fingerprint density at radius 1 is 0.500 bits per heavy atom. The highest BCUT2D eigenvalue weighted by molar-refractivity contribution is 5.73. The molecule has 0 saturated heterocycles. The molecule has 3 aromatic rings. The molecule has 0 amide bonds. The summed E-state index contributed by atoms with van der Waals surface area (Å²) < 4.78 is 0. The van der Waals surface area contributed by atoms with Gasteiger partial charge in [-0.05, 0) is 29.3 Å². The van der Waals surface area contributed by atoms with Crippen LogP contribution in [0.3, 0.4) is 0 Å². The van der Waals surface area contributed by atoms with E-state index in [1.165, 1.54) is 0 Å². The second kappa shape index (κ2) is 8.32. The summed E-state index contributed by atoms with van der Waals surface area (Å²) in [5, 5.41) is 0. The quantitative estimate of drug-likeness (QED) is 0.530. The van der Waals surface area contributed by atoms with Gasteiger partial charge in [0, 0.05) is 11.4 Å². The van der Waals surface area contributed by atoms with Crippen LogP contribution < -0.4 is 11.5 Å². The number of hydrogen-bond acceptors (Lipinski definition) is 2. The molecular formula is C20H20N2. The molecule has 110 valence electrons. The molecule has 0 spiro atoms. The first kappa shape index (κ1) is 15.4. The van der Waals surface area contributed by atoms with Crippen molar-refractivity contribution < 1.29 is 0 Å². The Morgan fingerprint density at radius 2 is 0.909 bits per heavy atom. The molecule has 0 heterocycles. The SMILES string of the molecule is Nc1cc(N)cc(C=Cc2ccccc2)c1.c1ccccc1. The van der Waals surface area contributed by atoms with Crippen LogP contribution in [0.1, 0.15) is 11.1 Å². The van der Waals surface area contributed by atoms with Gasteiger partial charge in [-0.3, -0.25) is 0 Å². The first-order chi connectivity index (χ1) is 10.7. The maximum atomic E-state index is 5.71. The Bertz CT molecular complexity index is 657. The molecule has 3 aromatic carbocycles. The first-order valence-electron chi connectivity index (χ1n) is 7.13. The van der Waals surface area contributed by atoms with Crippen LogP contribution in [0.15, 0.2) is 84.9 Å². The third kappa shape index (κ3) is 5.55. The minimum Gasteiger partial charge on any atom is -0.399 e. The van der Waals surface area contributed by atoms with Crippen molar-refractivity contribution in [3.63, 3.8) is 0 Å². The Morgan fingerprint density at radius 3 is 1.41 bits per heavy atom. The van der Waals surface area contributed by atoms with Gasteiger partial charge in [-0.25, -0.2) is 0 Å². The molecular weight excluding hydrogens is 268 g/mol. The molecule has 0 saturated carbocycles. The van der Waals surface area contributed by atoms with Gasteiger partial charge in [-0.15, -0.1) is 0 Å². The van der Waals surface area contributed by atoms with Gasteiger partial charge in [0.1, 0.15) is 0 Å². The predicted molar refractivity (Wildman–Crippen MR) is 97.1 cm³/mol. The molecule has 0 bridgehead atoms. The molecule has 0 aliphatic carbocycles. The molecule has 0 radical (unpaired) electrons. The highest BCUT2D eigenvalue weighted by Gasteiger charge is 1.92. The van der Waals surface area contributed by atoms with Crippen molar-refractivity contribution in [1.29, 1.82) is 0 Å². The maximum Gasteiger partial charge on any atom is 0.0340 e. The zero-order chi connectivity index (χ0) is 15.6. The highest BCUT2D eigenvalue weighted by atomic mass is 14.6. The van der Waals surface area contributed by atoms with Gasteiger partial charge >= 0.3 is 0 Å². The molecule has 22 heavy (non-hydrogen) atoms. The molecule has 0 fully saturated rings. The number of rotatable bonds is 2. The molecule has 3 rings (SSSR count). The zero-order valence-corrected chi connectivity index (χ0v) is 12.4. The summed E-state index contributed by atoms with van der Waals surface area (Å²) in [4.78, 5) is 0. The van der Waals surface area contributed by atoms with Crippen LogP contribution in [-0.2, 0) is 0 Å². The summed E-state index contributed by atoms with van der Waals surface area (Å²) in [5.74, 6) is 0. The van der Waals surface area contributed by atoms with Crippen molar-refractivity contribution in [3.05, 3.63) is 96.1 Å². The second-order valence-electron chi connectivity index (χ2n) is 4.83. The number of anilines is 2. The van der Waals surface area contributed by atoms with Crippen LogP contribution in [0.2, 0.25) is 0 Å². The van der Waals surface area contributed by atoms with E-state index in [2.05, 4.69) is 0 Å². The van der Waals surface area contributed by atoms with Gasteiger partial charge in [0.25, 0.3) is 0 Å². The average Bonchev–Trinajstić information content (AvgIpc) is 2.55. The minimum atomic E-state index is 0.688. The normalized spacial score (nSPS) is 10.0. The van der Waals surface area contributed by atoms with Gasteiger partial charge in [-0.1, -0.05) is 78.9 Å². The first-order valence-corrected chi connectivity index (χ1v) is 7.13. The predicted octanol–water partition coefficient (Wildman–Crippen LogP) is 4.71. The molecule has 0 aliphatic heterocycles. The highest BCUT2D eigenvalue weighted by Crippen LogP contribution is 2.16. The van der Waals surface area contributed by atoms with E-state index in [0.29, 0.717) is 11.4 Å². The van der Waals surface area contributed by atoms with E-state index in [0.717, 1.165) is 11.1 Å². The van der Waals surface area contributed by atoms with Crippen LogP contribution in [0.4, 0.5) is 11.4 Å². The van der Waals surface area contributed by atoms with Gasteiger partial charge in [0.15, 0.2) is 0 Å². The van der Waals surface area contributed by atoms with Crippen molar-refractivity contribution >= 4 is 23.5 Å². The van der Waals surface area contributed by atoms with Crippen LogP contribution in [0, 0.1) is 0 Å². The van der Waals surface area contributed by atoms with Gasteiger partial charge in [0.05, 0.1) is 0 Å². The molecule has 0 aliphatic rings. The minimum absolute atomic E-state index is 0.688. The lowest BCUT2D eigenvalue weighted by molar-refractivity contribution is 1.62. The molecule has 2 nitrogen and oxygen atoms in total. The lowest BCUT2D eigenvalue weighted by Crippen LogP contribution is -1.90. The fourth-order valence-electron chi connectivity index (χ4n) is 1.94. The molecule has 0 unspecified atom stereocenters. The Labute approximate surface area is 131 Å². The van der Waals surface area contributed by atoms with Crippen molar-refractivity contribution in [2.45, 2.75) is 0 Å². The van der Waals surface area contributed by atoms with Crippen molar-refractivity contribution in [1.82, 2.24) is 0 Å². The molecule has 4 N–H and O–H groups in total. The largest absolute Gasteiger partial charge is 0.399 e. The number of nitrogens with two attached hydrogens (primary N) is 2. The fraction of sp³-hybridized carbons (Fsp3) is 0. The summed E-state index contributed by atoms with van der Waals surface area (Å²) in [6.07, 6.45) is 4.04. The van der Waals surface area contributed by atoms with E-state index < -0.39 is 0 Å². The van der Waals surface area contributed by atoms with Gasteiger partial charge in [-0.2, -0.15) is 0 Å². The van der Waals surface area contributed by atoms with E-state index in [1.54, 1.807) is 6.07 Å². The Balaban J connectivity index is 0.000000246. The van der Waals surface area contributed by atoms with E-state index in [4.69, 9.17) is 11.5 Å². The third-order valence-electron chi connectivity index (χ3n) is 2.93. The van der Waals surface area contributed by atoms with E-state index >= 15 is 0 Å². The fourth-order valence-corrected chi connectivity index (χ4v) is 1.94. The number of benzene rings is 3. The summed E-state index contributed by atoms with van der Waals surface area (Å²) in [6.45, 7) is 0.